The predicted molar refractivity (Wildman–Crippen MR) is 83.4 cm³/mol. The summed E-state index contributed by atoms with van der Waals surface area (Å²) in [5.41, 5.74) is 7.43. The summed E-state index contributed by atoms with van der Waals surface area (Å²) in [6, 6.07) is 13.5. The number of rotatable bonds is 4. The van der Waals surface area contributed by atoms with Crippen LogP contribution in [0.15, 0.2) is 48.5 Å². The molecule has 0 unspecified atom stereocenters. The van der Waals surface area contributed by atoms with Gasteiger partial charge in [-0.25, -0.2) is 0 Å². The maximum Gasteiger partial charge on any atom is 0.120 e. The molecule has 0 saturated heterocycles. The minimum atomic E-state index is -0.785. The van der Waals surface area contributed by atoms with Crippen LogP contribution in [0.2, 0.25) is 5.02 Å². The Balaban J connectivity index is 0.00000200. The molecule has 20 heavy (non-hydrogen) atoms. The minimum absolute atomic E-state index is 0. The number of aromatic hydroxyl groups is 1. The van der Waals surface area contributed by atoms with E-state index in [1.54, 1.807) is 12.1 Å². The molecule has 0 fully saturated rings. The van der Waals surface area contributed by atoms with E-state index in [0.29, 0.717) is 17.0 Å². The molecule has 0 aliphatic rings. The molecule has 0 aliphatic heterocycles. The quantitative estimate of drug-likeness (QED) is 0.812. The molecule has 5 heteroatoms. The second kappa shape index (κ2) is 7.50. The molecule has 0 amide bonds. The van der Waals surface area contributed by atoms with Gasteiger partial charge >= 0.3 is 0 Å². The first-order valence-corrected chi connectivity index (χ1v) is 6.41. The van der Waals surface area contributed by atoms with E-state index in [4.69, 9.17) is 17.3 Å². The molecule has 0 bridgehead atoms. The molecule has 0 saturated carbocycles. The summed E-state index contributed by atoms with van der Waals surface area (Å²) in [4.78, 5) is 0. The Morgan fingerprint density at radius 2 is 1.75 bits per heavy atom. The lowest BCUT2D eigenvalue weighted by atomic mass is 9.96. The summed E-state index contributed by atoms with van der Waals surface area (Å²) in [5.74, 6) is 0.0454. The van der Waals surface area contributed by atoms with Gasteiger partial charge in [0.2, 0.25) is 0 Å². The number of phenols is 1. The second-order valence-corrected chi connectivity index (χ2v) is 4.92. The number of halogens is 2. The third kappa shape index (κ3) is 4.12. The topological polar surface area (TPSA) is 66.5 Å². The van der Waals surface area contributed by atoms with Crippen molar-refractivity contribution in [1.29, 1.82) is 0 Å². The first kappa shape index (κ1) is 16.8. The summed E-state index contributed by atoms with van der Waals surface area (Å²) < 4.78 is 0. The molecule has 2 atom stereocenters. The molecule has 0 aromatic heterocycles. The van der Waals surface area contributed by atoms with Crippen molar-refractivity contribution in [1.82, 2.24) is 0 Å². The van der Waals surface area contributed by atoms with E-state index < -0.39 is 12.1 Å². The highest BCUT2D eigenvalue weighted by Crippen LogP contribution is 2.28. The summed E-state index contributed by atoms with van der Waals surface area (Å²) in [7, 11) is 0. The van der Waals surface area contributed by atoms with Crippen LogP contribution in [0.25, 0.3) is 0 Å². The Hall–Kier alpha value is -1.26. The summed E-state index contributed by atoms with van der Waals surface area (Å²) in [6.45, 7) is 0. The van der Waals surface area contributed by atoms with Crippen LogP contribution < -0.4 is 5.73 Å². The van der Waals surface area contributed by atoms with Gasteiger partial charge < -0.3 is 15.9 Å². The summed E-state index contributed by atoms with van der Waals surface area (Å²) in [6.07, 6.45) is -0.361. The standard InChI is InChI=1S/C15H16ClNO2.ClH/c16-11-6-7-13(18)12(9-11)15(17)14(19)8-10-4-2-1-3-5-10;/h1-7,9,14-15,18-19H,8,17H2;1H/t14-,15+;/m1./s1. The molecule has 4 N–H and O–H groups in total. The summed E-state index contributed by atoms with van der Waals surface area (Å²) >= 11 is 5.88. The van der Waals surface area contributed by atoms with Crippen LogP contribution in [0.5, 0.6) is 5.75 Å². The maximum absolute atomic E-state index is 10.2. The molecular formula is C15H17Cl2NO2. The molecule has 108 valence electrons. The third-order valence-electron chi connectivity index (χ3n) is 3.05. The van der Waals surface area contributed by atoms with Gasteiger partial charge in [-0.3, -0.25) is 0 Å². The van der Waals surface area contributed by atoms with Gasteiger partial charge in [-0.15, -0.1) is 12.4 Å². The van der Waals surface area contributed by atoms with Crippen molar-refractivity contribution in [3.05, 3.63) is 64.7 Å². The number of aliphatic hydroxyl groups excluding tert-OH is 1. The number of benzene rings is 2. The Kier molecular flexibility index (Phi) is 6.30. The highest BCUT2D eigenvalue weighted by Gasteiger charge is 2.20. The van der Waals surface area contributed by atoms with Crippen molar-refractivity contribution in [2.45, 2.75) is 18.6 Å². The van der Waals surface area contributed by atoms with Gasteiger partial charge in [0.1, 0.15) is 5.75 Å². The molecule has 0 aliphatic carbocycles. The second-order valence-electron chi connectivity index (χ2n) is 4.49. The molecule has 0 heterocycles. The number of phenolic OH excluding ortho intramolecular Hbond substituents is 1. The zero-order valence-electron chi connectivity index (χ0n) is 10.7. The SMILES string of the molecule is Cl.N[C@@H](c1cc(Cl)ccc1O)[C@H](O)Cc1ccccc1. The van der Waals surface area contributed by atoms with Crippen LogP contribution >= 0.6 is 24.0 Å². The monoisotopic (exact) mass is 313 g/mol. The molecular weight excluding hydrogens is 297 g/mol. The Labute approximate surface area is 129 Å². The lowest BCUT2D eigenvalue weighted by Gasteiger charge is -2.20. The van der Waals surface area contributed by atoms with Crippen molar-refractivity contribution in [3.63, 3.8) is 0 Å². The van der Waals surface area contributed by atoms with Crippen LogP contribution in [-0.2, 0) is 6.42 Å². The highest BCUT2D eigenvalue weighted by atomic mass is 35.5. The number of nitrogens with two attached hydrogens (primary N) is 1. The molecule has 3 nitrogen and oxygen atoms in total. The van der Waals surface area contributed by atoms with Crippen LogP contribution in [0.3, 0.4) is 0 Å². The average Bonchev–Trinajstić information content (AvgIpc) is 2.42. The Morgan fingerprint density at radius 3 is 2.40 bits per heavy atom. The third-order valence-corrected chi connectivity index (χ3v) is 3.29. The zero-order chi connectivity index (χ0) is 13.8. The van der Waals surface area contributed by atoms with Crippen molar-refractivity contribution < 1.29 is 10.2 Å². The van der Waals surface area contributed by atoms with Crippen LogP contribution in [0.4, 0.5) is 0 Å². The first-order valence-electron chi connectivity index (χ1n) is 6.04. The van der Waals surface area contributed by atoms with E-state index in [1.807, 2.05) is 30.3 Å². The molecule has 2 rings (SSSR count). The van der Waals surface area contributed by atoms with Crippen LogP contribution in [0, 0.1) is 0 Å². The lowest BCUT2D eigenvalue weighted by molar-refractivity contribution is 0.144. The smallest absolute Gasteiger partial charge is 0.120 e. The van der Waals surface area contributed by atoms with E-state index in [1.165, 1.54) is 6.07 Å². The Bertz CT molecular complexity index is 549. The van der Waals surface area contributed by atoms with Crippen molar-refractivity contribution in [3.8, 4) is 5.75 Å². The molecule has 2 aromatic rings. The molecule has 2 aromatic carbocycles. The van der Waals surface area contributed by atoms with Gasteiger partial charge in [0.25, 0.3) is 0 Å². The Morgan fingerprint density at radius 1 is 1.10 bits per heavy atom. The number of hydrogen-bond donors (Lipinski definition) is 3. The van der Waals surface area contributed by atoms with E-state index in [9.17, 15) is 10.2 Å². The van der Waals surface area contributed by atoms with Gasteiger partial charge in [-0.05, 0) is 23.8 Å². The van der Waals surface area contributed by atoms with Gasteiger partial charge in [-0.1, -0.05) is 41.9 Å². The number of aliphatic hydroxyl groups is 1. The largest absolute Gasteiger partial charge is 0.508 e. The normalized spacial score (nSPS) is 13.3. The van der Waals surface area contributed by atoms with Gasteiger partial charge in [0.15, 0.2) is 0 Å². The molecule has 0 radical (unpaired) electrons. The first-order chi connectivity index (χ1) is 9.08. The zero-order valence-corrected chi connectivity index (χ0v) is 12.3. The van der Waals surface area contributed by atoms with Crippen molar-refractivity contribution >= 4 is 24.0 Å². The number of hydrogen-bond acceptors (Lipinski definition) is 3. The molecule has 0 spiro atoms. The average molecular weight is 314 g/mol. The van der Waals surface area contributed by atoms with E-state index in [-0.39, 0.29) is 18.2 Å². The van der Waals surface area contributed by atoms with E-state index in [2.05, 4.69) is 0 Å². The minimum Gasteiger partial charge on any atom is -0.508 e. The summed E-state index contributed by atoms with van der Waals surface area (Å²) in [5, 5.41) is 20.4. The maximum atomic E-state index is 10.2. The van der Waals surface area contributed by atoms with E-state index >= 15 is 0 Å². The predicted octanol–water partition coefficient (Wildman–Crippen LogP) is 3.07. The van der Waals surface area contributed by atoms with Crippen molar-refractivity contribution in [2.24, 2.45) is 5.73 Å². The van der Waals surface area contributed by atoms with E-state index in [0.717, 1.165) is 5.56 Å². The van der Waals surface area contributed by atoms with Crippen LogP contribution in [0.1, 0.15) is 17.2 Å². The van der Waals surface area contributed by atoms with Crippen LogP contribution in [-0.4, -0.2) is 16.3 Å². The van der Waals surface area contributed by atoms with Gasteiger partial charge in [-0.2, -0.15) is 0 Å². The lowest BCUT2D eigenvalue weighted by Crippen LogP contribution is -2.28. The fourth-order valence-electron chi connectivity index (χ4n) is 1.98. The highest BCUT2D eigenvalue weighted by molar-refractivity contribution is 6.30. The fourth-order valence-corrected chi connectivity index (χ4v) is 2.16. The van der Waals surface area contributed by atoms with Gasteiger partial charge in [0, 0.05) is 17.0 Å². The van der Waals surface area contributed by atoms with Gasteiger partial charge in [0.05, 0.1) is 12.1 Å². The van der Waals surface area contributed by atoms with Crippen molar-refractivity contribution in [2.75, 3.05) is 0 Å². The fraction of sp³-hybridized carbons (Fsp3) is 0.200.